The first kappa shape index (κ1) is 16.4. The van der Waals surface area contributed by atoms with Crippen molar-refractivity contribution < 1.29 is 0 Å². The van der Waals surface area contributed by atoms with Crippen LogP contribution in [0.3, 0.4) is 0 Å². The summed E-state index contributed by atoms with van der Waals surface area (Å²) in [7, 11) is 6.06. The number of halogens is 1. The summed E-state index contributed by atoms with van der Waals surface area (Å²) in [6.45, 7) is 0.522. The van der Waals surface area contributed by atoms with E-state index in [1.165, 1.54) is 0 Å². The van der Waals surface area contributed by atoms with E-state index in [9.17, 15) is 0 Å². The summed E-state index contributed by atoms with van der Waals surface area (Å²) in [4.78, 5) is 12.4. The van der Waals surface area contributed by atoms with E-state index in [4.69, 9.17) is 25.2 Å². The van der Waals surface area contributed by atoms with Crippen molar-refractivity contribution in [1.82, 2.24) is 19.4 Å². The largest absolute Gasteiger partial charge is 0.378 e. The molecule has 0 aliphatic carbocycles. The number of hydrogen-bond acceptors (Lipinski definition) is 5. The number of benzene rings is 1. The van der Waals surface area contributed by atoms with Crippen molar-refractivity contribution in [3.8, 4) is 11.1 Å². The van der Waals surface area contributed by atoms with E-state index in [2.05, 4.69) is 20.3 Å². The predicted octanol–water partition coefficient (Wildman–Crippen LogP) is 2.43. The Hall–Kier alpha value is -3.06. The molecule has 26 heavy (non-hydrogen) atoms. The minimum absolute atomic E-state index is 0.248. The van der Waals surface area contributed by atoms with Crippen LogP contribution in [-0.4, -0.2) is 27.2 Å². The summed E-state index contributed by atoms with van der Waals surface area (Å²) < 4.78 is 1.83. The molecule has 0 spiro atoms. The van der Waals surface area contributed by atoms with Gasteiger partial charge >= 0.3 is 0 Å². The zero-order chi connectivity index (χ0) is 18.1. The molecule has 0 fully saturated rings. The van der Waals surface area contributed by atoms with Crippen LogP contribution in [0.15, 0.2) is 55.1 Å². The van der Waals surface area contributed by atoms with Gasteiger partial charge in [-0.25, -0.2) is 15.0 Å². The lowest BCUT2D eigenvalue weighted by Gasteiger charge is -2.12. The molecule has 2 radical (unpaired) electrons. The molecular weight excluding hydrogens is 347 g/mol. The van der Waals surface area contributed by atoms with Gasteiger partial charge < -0.3 is 15.5 Å². The molecule has 6 nitrogen and oxygen atoms in total. The van der Waals surface area contributed by atoms with Gasteiger partial charge in [-0.2, -0.15) is 0 Å². The van der Waals surface area contributed by atoms with Gasteiger partial charge in [-0.3, -0.25) is 0 Å². The molecular formula is C18H14BClN6. The van der Waals surface area contributed by atoms with Gasteiger partial charge in [0.15, 0.2) is 5.65 Å². The molecule has 4 rings (SSSR count). The lowest BCUT2D eigenvalue weighted by molar-refractivity contribution is 1.06. The second-order valence-electron chi connectivity index (χ2n) is 5.80. The van der Waals surface area contributed by atoms with Gasteiger partial charge in [0.2, 0.25) is 5.95 Å². The SMILES string of the molecule is [B]c1cnc2c(NCc3cnc(N)nc3)cc(-c3ccccc3Cl)cn12. The Morgan fingerprint density at radius 1 is 1.12 bits per heavy atom. The van der Waals surface area contributed by atoms with Gasteiger partial charge in [-0.1, -0.05) is 29.8 Å². The highest BCUT2D eigenvalue weighted by Crippen LogP contribution is 2.30. The van der Waals surface area contributed by atoms with Gasteiger partial charge in [-0.15, -0.1) is 0 Å². The van der Waals surface area contributed by atoms with E-state index in [-0.39, 0.29) is 5.95 Å². The lowest BCUT2D eigenvalue weighted by atomic mass is 10.0. The smallest absolute Gasteiger partial charge is 0.219 e. The standard InChI is InChI=1S/C18H14BClN6/c19-16-9-23-17-15(22-6-11-7-24-18(21)25-8-11)5-12(10-26(16)17)13-3-1-2-4-14(13)20/h1-5,7-10,22H,6H2,(H2,21,24,25). The monoisotopic (exact) mass is 360 g/mol. The first-order chi connectivity index (χ1) is 12.6. The average molecular weight is 361 g/mol. The maximum atomic E-state index is 6.36. The number of fused-ring (bicyclic) bond motifs is 1. The van der Waals surface area contributed by atoms with Gasteiger partial charge in [-0.05, 0) is 17.7 Å². The Kier molecular flexibility index (Phi) is 4.22. The number of hydrogen-bond donors (Lipinski definition) is 2. The molecule has 0 aliphatic heterocycles. The van der Waals surface area contributed by atoms with E-state index in [1.807, 2.05) is 40.9 Å². The van der Waals surface area contributed by atoms with Crippen molar-refractivity contribution in [1.29, 1.82) is 0 Å². The Morgan fingerprint density at radius 3 is 2.65 bits per heavy atom. The Bertz CT molecular complexity index is 1080. The van der Waals surface area contributed by atoms with Crippen LogP contribution in [0.1, 0.15) is 5.56 Å². The van der Waals surface area contributed by atoms with Crippen LogP contribution in [0.4, 0.5) is 11.6 Å². The van der Waals surface area contributed by atoms with Gasteiger partial charge in [0.05, 0.1) is 5.69 Å². The van der Waals surface area contributed by atoms with Crippen molar-refractivity contribution in [2.45, 2.75) is 6.54 Å². The fourth-order valence-electron chi connectivity index (χ4n) is 2.73. The molecule has 3 heterocycles. The Morgan fingerprint density at radius 2 is 1.88 bits per heavy atom. The highest BCUT2D eigenvalue weighted by molar-refractivity contribution is 6.33. The average Bonchev–Trinajstić information content (AvgIpc) is 3.02. The third-order valence-electron chi connectivity index (χ3n) is 4.03. The lowest BCUT2D eigenvalue weighted by Crippen LogP contribution is -2.11. The molecule has 4 aromatic rings. The van der Waals surface area contributed by atoms with E-state index in [1.54, 1.807) is 18.6 Å². The van der Waals surface area contributed by atoms with E-state index in [0.29, 0.717) is 17.2 Å². The second kappa shape index (κ2) is 6.69. The second-order valence-corrected chi connectivity index (χ2v) is 6.21. The summed E-state index contributed by atoms with van der Waals surface area (Å²) in [5.74, 6) is 0.248. The molecule has 0 amide bonds. The van der Waals surface area contributed by atoms with Crippen LogP contribution in [0, 0.1) is 0 Å². The first-order valence-corrected chi connectivity index (χ1v) is 8.31. The molecule has 3 N–H and O–H groups in total. The van der Waals surface area contributed by atoms with E-state index >= 15 is 0 Å². The van der Waals surface area contributed by atoms with Crippen molar-refractivity contribution in [2.24, 2.45) is 0 Å². The molecule has 126 valence electrons. The fraction of sp³-hybridized carbons (Fsp3) is 0.0556. The Balaban J connectivity index is 1.75. The van der Waals surface area contributed by atoms with Crippen molar-refractivity contribution in [3.63, 3.8) is 0 Å². The summed E-state index contributed by atoms with van der Waals surface area (Å²) in [6.07, 6.45) is 6.92. The molecule has 1 aromatic carbocycles. The van der Waals surface area contributed by atoms with Crippen LogP contribution < -0.4 is 16.6 Å². The Labute approximate surface area is 156 Å². The molecule has 0 unspecified atom stereocenters. The minimum atomic E-state index is 0.248. The van der Waals surface area contributed by atoms with Crippen LogP contribution >= 0.6 is 11.6 Å². The van der Waals surface area contributed by atoms with Gasteiger partial charge in [0.1, 0.15) is 7.85 Å². The summed E-state index contributed by atoms with van der Waals surface area (Å²) >= 11 is 6.36. The summed E-state index contributed by atoms with van der Waals surface area (Å²) in [5.41, 5.74) is 10.4. The quantitative estimate of drug-likeness (QED) is 0.546. The highest BCUT2D eigenvalue weighted by atomic mass is 35.5. The number of nitrogen functional groups attached to an aromatic ring is 1. The van der Waals surface area contributed by atoms with E-state index in [0.717, 1.165) is 28.0 Å². The number of anilines is 2. The zero-order valence-electron chi connectivity index (χ0n) is 13.7. The van der Waals surface area contributed by atoms with Crippen molar-refractivity contribution in [3.05, 3.63) is 65.7 Å². The topological polar surface area (TPSA) is 81.1 Å². The van der Waals surface area contributed by atoms with Crippen LogP contribution in [0.5, 0.6) is 0 Å². The fourth-order valence-corrected chi connectivity index (χ4v) is 2.98. The van der Waals surface area contributed by atoms with Crippen molar-refractivity contribution >= 4 is 42.3 Å². The molecule has 8 heteroatoms. The maximum Gasteiger partial charge on any atom is 0.219 e. The molecule has 0 aliphatic rings. The number of nitrogens with two attached hydrogens (primary N) is 1. The zero-order valence-corrected chi connectivity index (χ0v) is 14.5. The third-order valence-corrected chi connectivity index (χ3v) is 4.36. The number of rotatable bonds is 4. The number of nitrogens with one attached hydrogen (secondary N) is 1. The minimum Gasteiger partial charge on any atom is -0.378 e. The molecule has 0 bridgehead atoms. The van der Waals surface area contributed by atoms with Crippen LogP contribution in [0.25, 0.3) is 16.8 Å². The van der Waals surface area contributed by atoms with Crippen LogP contribution in [0.2, 0.25) is 5.02 Å². The molecule has 3 aromatic heterocycles. The first-order valence-electron chi connectivity index (χ1n) is 7.93. The number of imidazole rings is 1. The number of nitrogens with zero attached hydrogens (tertiary/aromatic N) is 4. The molecule has 0 atom stereocenters. The molecule has 0 saturated carbocycles. The van der Waals surface area contributed by atoms with Crippen LogP contribution in [-0.2, 0) is 6.54 Å². The summed E-state index contributed by atoms with van der Waals surface area (Å²) in [6, 6.07) is 9.67. The third kappa shape index (κ3) is 3.09. The van der Waals surface area contributed by atoms with E-state index < -0.39 is 0 Å². The normalized spacial score (nSPS) is 11.0. The number of aromatic nitrogens is 4. The predicted molar refractivity (Wildman–Crippen MR) is 105 cm³/mol. The van der Waals surface area contributed by atoms with Gasteiger partial charge in [0.25, 0.3) is 0 Å². The molecule has 0 saturated heterocycles. The maximum absolute atomic E-state index is 6.36. The van der Waals surface area contributed by atoms with Gasteiger partial charge in [0, 0.05) is 53.0 Å². The highest BCUT2D eigenvalue weighted by Gasteiger charge is 2.11. The number of pyridine rings is 1. The van der Waals surface area contributed by atoms with Crippen molar-refractivity contribution in [2.75, 3.05) is 11.1 Å². The summed E-state index contributed by atoms with van der Waals surface area (Å²) in [5, 5.41) is 4.03.